The molecule has 7 heteroatoms. The number of rotatable bonds is 6. The smallest absolute Gasteiger partial charge is 0.265 e. The molecule has 0 fully saturated rings. The molecule has 2 aromatic heterocycles. The zero-order valence-corrected chi connectivity index (χ0v) is 15.5. The van der Waals surface area contributed by atoms with Gasteiger partial charge in [0.15, 0.2) is 4.77 Å². The van der Waals surface area contributed by atoms with Crippen molar-refractivity contribution in [2.75, 3.05) is 0 Å². The van der Waals surface area contributed by atoms with Crippen LogP contribution in [-0.2, 0) is 0 Å². The van der Waals surface area contributed by atoms with Crippen LogP contribution in [0.1, 0.15) is 24.9 Å². The molecule has 0 bridgehead atoms. The molecule has 1 unspecified atom stereocenters. The molecule has 1 atom stereocenters. The van der Waals surface area contributed by atoms with Gasteiger partial charge >= 0.3 is 0 Å². The van der Waals surface area contributed by atoms with Gasteiger partial charge in [-0.05, 0) is 48.5 Å². The van der Waals surface area contributed by atoms with E-state index in [1.54, 1.807) is 6.20 Å². The predicted molar refractivity (Wildman–Crippen MR) is 104 cm³/mol. The van der Waals surface area contributed by atoms with Crippen LogP contribution in [0, 0.1) is 4.77 Å². The van der Waals surface area contributed by atoms with E-state index >= 15 is 0 Å². The summed E-state index contributed by atoms with van der Waals surface area (Å²) in [5.41, 5.74) is 1.85. The second kappa shape index (κ2) is 7.59. The molecule has 136 valence electrons. The van der Waals surface area contributed by atoms with E-state index in [4.69, 9.17) is 21.4 Å². The van der Waals surface area contributed by atoms with Crippen LogP contribution < -0.4 is 4.74 Å². The Balaban J connectivity index is 1.71. The van der Waals surface area contributed by atoms with Crippen LogP contribution in [0.3, 0.4) is 0 Å². The van der Waals surface area contributed by atoms with Gasteiger partial charge in [0, 0.05) is 6.20 Å². The third-order valence-corrected chi connectivity index (χ3v) is 4.62. The fourth-order valence-corrected chi connectivity index (χ4v) is 3.40. The predicted octanol–water partition coefficient (Wildman–Crippen LogP) is 5.39. The molecule has 1 N–H and O–H groups in total. The van der Waals surface area contributed by atoms with Gasteiger partial charge in [-0.15, -0.1) is 10.2 Å². The Morgan fingerprint density at radius 1 is 1.15 bits per heavy atom. The number of aromatic nitrogens is 4. The lowest BCUT2D eigenvalue weighted by Gasteiger charge is -2.20. The van der Waals surface area contributed by atoms with E-state index in [2.05, 4.69) is 28.2 Å². The fourth-order valence-electron chi connectivity index (χ4n) is 3.11. The summed E-state index contributed by atoms with van der Waals surface area (Å²) in [6.07, 6.45) is 3.94. The number of H-pyrrole nitrogens is 1. The van der Waals surface area contributed by atoms with Crippen LogP contribution in [0.2, 0.25) is 0 Å². The topological polar surface area (TPSA) is 68.9 Å². The van der Waals surface area contributed by atoms with Crippen molar-refractivity contribution >= 4 is 12.2 Å². The summed E-state index contributed by atoms with van der Waals surface area (Å²) in [5, 5.41) is 7.79. The SMILES string of the molecule is CCC(c1cccc(Oc2ccccc2)c1)n1c(-c2nnco2)c[nH]c1=S. The Morgan fingerprint density at radius 3 is 2.70 bits per heavy atom. The Morgan fingerprint density at radius 2 is 1.96 bits per heavy atom. The lowest BCUT2D eigenvalue weighted by atomic mass is 10.0. The largest absolute Gasteiger partial charge is 0.457 e. The van der Waals surface area contributed by atoms with Gasteiger partial charge in [0.1, 0.15) is 17.2 Å². The van der Waals surface area contributed by atoms with Crippen molar-refractivity contribution < 1.29 is 9.15 Å². The van der Waals surface area contributed by atoms with Gasteiger partial charge in [-0.2, -0.15) is 0 Å². The zero-order chi connectivity index (χ0) is 18.6. The zero-order valence-electron chi connectivity index (χ0n) is 14.7. The Labute approximate surface area is 161 Å². The lowest BCUT2D eigenvalue weighted by molar-refractivity contribution is 0.478. The lowest BCUT2D eigenvalue weighted by Crippen LogP contribution is -2.11. The molecule has 4 rings (SSSR count). The third kappa shape index (κ3) is 3.54. The van der Waals surface area contributed by atoms with E-state index in [0.29, 0.717) is 10.7 Å². The van der Waals surface area contributed by atoms with Gasteiger partial charge in [0.2, 0.25) is 6.39 Å². The molecule has 2 aromatic carbocycles. The first-order valence-electron chi connectivity index (χ1n) is 8.65. The van der Waals surface area contributed by atoms with E-state index in [0.717, 1.165) is 29.2 Å². The highest BCUT2D eigenvalue weighted by Gasteiger charge is 2.20. The standard InChI is InChI=1S/C20H18N4O2S/c1-2-17(24-18(12-21-20(24)27)19-23-22-13-25-19)14-7-6-10-16(11-14)26-15-8-4-3-5-9-15/h3-13,17H,2H2,1H3,(H,21,27). The van der Waals surface area contributed by atoms with E-state index < -0.39 is 0 Å². The molecule has 0 saturated carbocycles. The van der Waals surface area contributed by atoms with E-state index in [1.807, 2.05) is 53.1 Å². The second-order valence-corrected chi connectivity index (χ2v) is 6.39. The van der Waals surface area contributed by atoms with E-state index in [-0.39, 0.29) is 6.04 Å². The van der Waals surface area contributed by atoms with Crippen molar-refractivity contribution in [3.05, 3.63) is 77.5 Å². The molecule has 0 aliphatic carbocycles. The average molecular weight is 378 g/mol. The first kappa shape index (κ1) is 17.2. The van der Waals surface area contributed by atoms with Gasteiger partial charge in [-0.3, -0.25) is 0 Å². The first-order valence-corrected chi connectivity index (χ1v) is 9.06. The average Bonchev–Trinajstić information content (AvgIpc) is 3.34. The number of imidazole rings is 1. The highest BCUT2D eigenvalue weighted by atomic mass is 32.1. The number of hydrogen-bond acceptors (Lipinski definition) is 5. The molecule has 0 amide bonds. The molecule has 4 aromatic rings. The molecule has 27 heavy (non-hydrogen) atoms. The quantitative estimate of drug-likeness (QED) is 0.456. The molecule has 6 nitrogen and oxygen atoms in total. The van der Waals surface area contributed by atoms with Crippen LogP contribution in [-0.4, -0.2) is 19.7 Å². The van der Waals surface area contributed by atoms with Crippen molar-refractivity contribution in [3.8, 4) is 23.1 Å². The first-order chi connectivity index (χ1) is 13.3. The number of nitrogens with one attached hydrogen (secondary N) is 1. The number of aromatic amines is 1. The number of ether oxygens (including phenoxy) is 1. The van der Waals surface area contributed by atoms with Crippen molar-refractivity contribution in [3.63, 3.8) is 0 Å². The summed E-state index contributed by atoms with van der Waals surface area (Å²) in [6, 6.07) is 17.8. The van der Waals surface area contributed by atoms with Crippen LogP contribution in [0.15, 0.2) is 71.6 Å². The molecule has 0 radical (unpaired) electrons. The summed E-state index contributed by atoms with van der Waals surface area (Å²) >= 11 is 5.51. The summed E-state index contributed by atoms with van der Waals surface area (Å²) in [4.78, 5) is 3.08. The van der Waals surface area contributed by atoms with Gasteiger partial charge in [0.05, 0.1) is 6.04 Å². The maximum Gasteiger partial charge on any atom is 0.265 e. The fraction of sp³-hybridized carbons (Fsp3) is 0.150. The summed E-state index contributed by atoms with van der Waals surface area (Å²) in [5.74, 6) is 2.00. The number of nitrogens with zero attached hydrogens (tertiary/aromatic N) is 3. The minimum Gasteiger partial charge on any atom is -0.457 e. The maximum atomic E-state index is 5.98. The molecular formula is C20H18N4O2S. The second-order valence-electron chi connectivity index (χ2n) is 6.00. The van der Waals surface area contributed by atoms with Crippen LogP contribution in [0.5, 0.6) is 11.5 Å². The Bertz CT molecular complexity index is 1070. The minimum absolute atomic E-state index is 0.00460. The van der Waals surface area contributed by atoms with Crippen molar-refractivity contribution in [2.45, 2.75) is 19.4 Å². The highest BCUT2D eigenvalue weighted by molar-refractivity contribution is 7.71. The maximum absolute atomic E-state index is 5.98. The summed E-state index contributed by atoms with van der Waals surface area (Å²) in [7, 11) is 0. The summed E-state index contributed by atoms with van der Waals surface area (Å²) < 4.78 is 14.0. The van der Waals surface area contributed by atoms with Crippen molar-refractivity contribution in [2.24, 2.45) is 0 Å². The van der Waals surface area contributed by atoms with E-state index in [1.165, 1.54) is 6.39 Å². The molecular weight excluding hydrogens is 360 g/mol. The van der Waals surface area contributed by atoms with Gasteiger partial charge in [-0.1, -0.05) is 37.3 Å². The molecule has 0 saturated heterocycles. The normalized spacial score (nSPS) is 12.0. The van der Waals surface area contributed by atoms with Crippen molar-refractivity contribution in [1.82, 2.24) is 19.7 Å². The van der Waals surface area contributed by atoms with Crippen LogP contribution >= 0.6 is 12.2 Å². The molecule has 0 spiro atoms. The Hall–Kier alpha value is -3.19. The van der Waals surface area contributed by atoms with Gasteiger partial charge < -0.3 is 18.7 Å². The molecule has 0 aliphatic heterocycles. The number of para-hydroxylation sites is 1. The highest BCUT2D eigenvalue weighted by Crippen LogP contribution is 2.31. The van der Waals surface area contributed by atoms with Gasteiger partial charge in [0.25, 0.3) is 5.89 Å². The third-order valence-electron chi connectivity index (χ3n) is 4.31. The summed E-state index contributed by atoms with van der Waals surface area (Å²) in [6.45, 7) is 2.11. The number of hydrogen-bond donors (Lipinski definition) is 1. The molecule has 0 aliphatic rings. The monoisotopic (exact) mass is 378 g/mol. The van der Waals surface area contributed by atoms with Crippen LogP contribution in [0.4, 0.5) is 0 Å². The Kier molecular flexibility index (Phi) is 4.84. The van der Waals surface area contributed by atoms with E-state index in [9.17, 15) is 0 Å². The molecule has 2 heterocycles. The minimum atomic E-state index is 0.00460. The van der Waals surface area contributed by atoms with Gasteiger partial charge in [-0.25, -0.2) is 0 Å². The number of benzene rings is 2. The van der Waals surface area contributed by atoms with Crippen molar-refractivity contribution in [1.29, 1.82) is 0 Å². The van der Waals surface area contributed by atoms with Crippen LogP contribution in [0.25, 0.3) is 11.6 Å².